The summed E-state index contributed by atoms with van der Waals surface area (Å²) in [5.74, 6) is 0. The molecule has 0 saturated heterocycles. The first-order valence-electron chi connectivity index (χ1n) is 8.39. The van der Waals surface area contributed by atoms with E-state index in [1.165, 1.54) is 0 Å². The summed E-state index contributed by atoms with van der Waals surface area (Å²) in [6.07, 6.45) is 0.944. The largest absolute Gasteiger partial charge is 0.223 e. The molecule has 2 nitrogen and oxygen atoms in total. The number of hydrogen-bond donors (Lipinski definition) is 0. The van der Waals surface area contributed by atoms with Gasteiger partial charge in [0.25, 0.3) is 0 Å². The molecule has 0 radical (unpaired) electrons. The van der Waals surface area contributed by atoms with E-state index < -0.39 is 14.6 Å². The van der Waals surface area contributed by atoms with Crippen LogP contribution in [0, 0.1) is 0 Å². The lowest BCUT2D eigenvalue weighted by atomic mass is 9.93. The highest BCUT2D eigenvalue weighted by Crippen LogP contribution is 2.32. The minimum Gasteiger partial charge on any atom is -0.223 e. The monoisotopic (exact) mass is 350 g/mol. The Morgan fingerprint density at radius 3 is 1.40 bits per heavy atom. The van der Waals surface area contributed by atoms with E-state index in [1.54, 1.807) is 24.3 Å². The highest BCUT2D eigenvalue weighted by Gasteiger charge is 2.40. The van der Waals surface area contributed by atoms with Crippen LogP contribution >= 0.6 is 0 Å². The molecule has 0 unspecified atom stereocenters. The molecule has 25 heavy (non-hydrogen) atoms. The van der Waals surface area contributed by atoms with E-state index in [-0.39, 0.29) is 0 Å². The van der Waals surface area contributed by atoms with Crippen LogP contribution in [0.1, 0.15) is 18.1 Å². The Hall–Kier alpha value is -2.39. The summed E-state index contributed by atoms with van der Waals surface area (Å²) < 4.78 is 26.0. The third-order valence-corrected chi connectivity index (χ3v) is 7.02. The van der Waals surface area contributed by atoms with Gasteiger partial charge in [0.15, 0.2) is 9.84 Å². The number of sulfone groups is 1. The van der Waals surface area contributed by atoms with Crippen LogP contribution in [0.3, 0.4) is 0 Å². The van der Waals surface area contributed by atoms with E-state index in [0.29, 0.717) is 17.7 Å². The van der Waals surface area contributed by atoms with E-state index in [4.69, 9.17) is 0 Å². The van der Waals surface area contributed by atoms with Crippen molar-refractivity contribution in [3.05, 3.63) is 102 Å². The second-order valence-corrected chi connectivity index (χ2v) is 9.06. The second kappa shape index (κ2) is 7.24. The molecule has 0 aromatic heterocycles. The molecule has 0 saturated carbocycles. The van der Waals surface area contributed by atoms with E-state index in [0.717, 1.165) is 11.1 Å². The van der Waals surface area contributed by atoms with E-state index >= 15 is 0 Å². The Balaban J connectivity index is 2.05. The molecule has 0 amide bonds. The second-order valence-electron chi connectivity index (χ2n) is 6.59. The van der Waals surface area contributed by atoms with Crippen LogP contribution < -0.4 is 0 Å². The smallest absolute Gasteiger partial charge is 0.184 e. The molecular weight excluding hydrogens is 328 g/mol. The average Bonchev–Trinajstić information content (AvgIpc) is 2.64. The lowest BCUT2D eigenvalue weighted by Gasteiger charge is -2.30. The number of benzene rings is 3. The third kappa shape index (κ3) is 3.83. The predicted molar refractivity (Wildman–Crippen MR) is 102 cm³/mol. The molecule has 0 bridgehead atoms. The van der Waals surface area contributed by atoms with Gasteiger partial charge in [0.05, 0.1) is 9.64 Å². The predicted octanol–water partition coefficient (Wildman–Crippen LogP) is 4.70. The highest BCUT2D eigenvalue weighted by molar-refractivity contribution is 7.92. The molecule has 0 N–H and O–H groups in total. The molecule has 0 aliphatic rings. The standard InChI is InChI=1S/C22H22O2S/c1-22(17-19-11-5-2-6-12-19,18-20-13-7-3-8-14-20)25(23,24)21-15-9-4-10-16-21/h2-16H,17-18H2,1H3. The zero-order valence-corrected chi connectivity index (χ0v) is 15.1. The topological polar surface area (TPSA) is 34.1 Å². The maximum absolute atomic E-state index is 13.5. The van der Waals surface area contributed by atoms with E-state index in [9.17, 15) is 8.42 Å². The van der Waals surface area contributed by atoms with Gasteiger partial charge in [0.1, 0.15) is 0 Å². The Labute approximate surface area is 150 Å². The van der Waals surface area contributed by atoms with Crippen molar-refractivity contribution >= 4 is 9.84 Å². The maximum atomic E-state index is 13.5. The lowest BCUT2D eigenvalue weighted by Crippen LogP contribution is -2.40. The summed E-state index contributed by atoms with van der Waals surface area (Å²) in [6.45, 7) is 1.86. The van der Waals surface area contributed by atoms with Crippen LogP contribution in [0.25, 0.3) is 0 Å². The van der Waals surface area contributed by atoms with Crippen molar-refractivity contribution in [2.24, 2.45) is 0 Å². The Kier molecular flexibility index (Phi) is 5.05. The third-order valence-electron chi connectivity index (χ3n) is 4.54. The summed E-state index contributed by atoms with van der Waals surface area (Å²) in [6, 6.07) is 28.4. The quantitative estimate of drug-likeness (QED) is 0.645. The van der Waals surface area contributed by atoms with Crippen molar-refractivity contribution in [3.63, 3.8) is 0 Å². The van der Waals surface area contributed by atoms with Crippen LogP contribution in [0.5, 0.6) is 0 Å². The van der Waals surface area contributed by atoms with Crippen LogP contribution in [0.4, 0.5) is 0 Å². The molecule has 3 rings (SSSR count). The zero-order chi connectivity index (χ0) is 17.8. The van der Waals surface area contributed by atoms with Gasteiger partial charge in [-0.2, -0.15) is 0 Å². The van der Waals surface area contributed by atoms with Crippen molar-refractivity contribution < 1.29 is 8.42 Å². The number of rotatable bonds is 6. The lowest BCUT2D eigenvalue weighted by molar-refractivity contribution is 0.521. The van der Waals surface area contributed by atoms with Crippen molar-refractivity contribution in [1.82, 2.24) is 0 Å². The Morgan fingerprint density at radius 2 is 1.00 bits per heavy atom. The molecule has 0 atom stereocenters. The molecule has 0 aliphatic heterocycles. The van der Waals surface area contributed by atoms with Gasteiger partial charge in [-0.3, -0.25) is 0 Å². The molecular formula is C22H22O2S. The first-order valence-corrected chi connectivity index (χ1v) is 9.87. The fourth-order valence-corrected chi connectivity index (χ4v) is 4.99. The SMILES string of the molecule is CC(Cc1ccccc1)(Cc1ccccc1)S(=O)(=O)c1ccccc1. The van der Waals surface area contributed by atoms with Crippen LogP contribution in [-0.2, 0) is 22.7 Å². The first kappa shape index (κ1) is 17.4. The van der Waals surface area contributed by atoms with Crippen LogP contribution in [0.15, 0.2) is 95.9 Å². The zero-order valence-electron chi connectivity index (χ0n) is 14.3. The van der Waals surface area contributed by atoms with Gasteiger partial charge < -0.3 is 0 Å². The molecule has 0 spiro atoms. The summed E-state index contributed by atoms with van der Waals surface area (Å²) in [7, 11) is -3.50. The molecule has 0 aliphatic carbocycles. The summed E-state index contributed by atoms with van der Waals surface area (Å²) >= 11 is 0. The fourth-order valence-electron chi connectivity index (χ4n) is 3.19. The molecule has 128 valence electrons. The van der Waals surface area contributed by atoms with E-state index in [1.807, 2.05) is 73.7 Å². The Bertz CT molecular complexity index is 861. The maximum Gasteiger partial charge on any atom is 0.184 e. The molecule has 3 heteroatoms. The first-order chi connectivity index (χ1) is 12.0. The average molecular weight is 350 g/mol. The summed E-state index contributed by atoms with van der Waals surface area (Å²) in [4.78, 5) is 0.379. The van der Waals surface area contributed by atoms with Crippen LogP contribution in [-0.4, -0.2) is 13.2 Å². The van der Waals surface area contributed by atoms with Crippen molar-refractivity contribution in [1.29, 1.82) is 0 Å². The minimum absolute atomic E-state index is 0.379. The van der Waals surface area contributed by atoms with Gasteiger partial charge in [-0.25, -0.2) is 8.42 Å². The van der Waals surface area contributed by atoms with Gasteiger partial charge in [-0.1, -0.05) is 78.9 Å². The van der Waals surface area contributed by atoms with Gasteiger partial charge >= 0.3 is 0 Å². The van der Waals surface area contributed by atoms with Gasteiger partial charge in [-0.15, -0.1) is 0 Å². The van der Waals surface area contributed by atoms with Gasteiger partial charge in [-0.05, 0) is 43.0 Å². The molecule has 3 aromatic carbocycles. The molecule has 0 heterocycles. The highest BCUT2D eigenvalue weighted by atomic mass is 32.2. The van der Waals surface area contributed by atoms with Crippen molar-refractivity contribution in [2.75, 3.05) is 0 Å². The normalized spacial score (nSPS) is 12.0. The van der Waals surface area contributed by atoms with Gasteiger partial charge in [0, 0.05) is 0 Å². The van der Waals surface area contributed by atoms with E-state index in [2.05, 4.69) is 0 Å². The number of hydrogen-bond acceptors (Lipinski definition) is 2. The van der Waals surface area contributed by atoms with Gasteiger partial charge in [0.2, 0.25) is 0 Å². The molecule has 3 aromatic rings. The summed E-state index contributed by atoms with van der Waals surface area (Å²) in [5.41, 5.74) is 2.06. The molecule has 0 fully saturated rings. The summed E-state index contributed by atoms with van der Waals surface area (Å²) in [5, 5.41) is 0. The fraction of sp³-hybridized carbons (Fsp3) is 0.182. The Morgan fingerprint density at radius 1 is 0.640 bits per heavy atom. The van der Waals surface area contributed by atoms with Crippen molar-refractivity contribution in [3.8, 4) is 0 Å². The minimum atomic E-state index is -3.50. The van der Waals surface area contributed by atoms with Crippen molar-refractivity contribution in [2.45, 2.75) is 29.4 Å². The van der Waals surface area contributed by atoms with Crippen LogP contribution in [0.2, 0.25) is 0 Å².